The average molecular weight is 480 g/mol. The molecule has 4 rings (SSSR count). The molecule has 0 bridgehead atoms. The third-order valence-electron chi connectivity index (χ3n) is 6.51. The van der Waals surface area contributed by atoms with E-state index in [-0.39, 0.29) is 18.6 Å². The summed E-state index contributed by atoms with van der Waals surface area (Å²) < 4.78 is 11.1. The molecule has 35 heavy (non-hydrogen) atoms. The van der Waals surface area contributed by atoms with Gasteiger partial charge in [0.05, 0.1) is 6.42 Å². The fourth-order valence-corrected chi connectivity index (χ4v) is 4.87. The van der Waals surface area contributed by atoms with Crippen molar-refractivity contribution in [1.29, 1.82) is 0 Å². The van der Waals surface area contributed by atoms with E-state index in [4.69, 9.17) is 14.6 Å². The lowest BCUT2D eigenvalue weighted by molar-refractivity contribution is -0.157. The van der Waals surface area contributed by atoms with E-state index >= 15 is 0 Å². The number of carboxylic acid groups (broad SMARTS) is 1. The highest BCUT2D eigenvalue weighted by atomic mass is 16.5. The second-order valence-corrected chi connectivity index (χ2v) is 9.00. The van der Waals surface area contributed by atoms with Crippen LogP contribution in [-0.2, 0) is 28.7 Å². The van der Waals surface area contributed by atoms with Crippen molar-refractivity contribution in [1.82, 2.24) is 5.32 Å². The Morgan fingerprint density at radius 2 is 1.51 bits per heavy atom. The van der Waals surface area contributed by atoms with Crippen LogP contribution in [-0.4, -0.2) is 47.7 Å². The van der Waals surface area contributed by atoms with E-state index in [9.17, 15) is 19.2 Å². The van der Waals surface area contributed by atoms with Crippen molar-refractivity contribution < 1.29 is 33.8 Å². The van der Waals surface area contributed by atoms with Crippen LogP contribution in [0.15, 0.2) is 48.5 Å². The van der Waals surface area contributed by atoms with Crippen molar-refractivity contribution in [2.45, 2.75) is 63.0 Å². The van der Waals surface area contributed by atoms with Gasteiger partial charge in [-0.25, -0.2) is 4.79 Å². The first-order valence-electron chi connectivity index (χ1n) is 12.0. The van der Waals surface area contributed by atoms with Crippen LogP contribution in [0.25, 0.3) is 11.1 Å². The number of carbonyl (C=O) groups is 4. The molecule has 2 N–H and O–H groups in total. The minimum absolute atomic E-state index is 0.0236. The predicted molar refractivity (Wildman–Crippen MR) is 126 cm³/mol. The third-order valence-corrected chi connectivity index (χ3v) is 6.51. The quantitative estimate of drug-likeness (QED) is 0.417. The summed E-state index contributed by atoms with van der Waals surface area (Å²) in [4.78, 5) is 48.5. The summed E-state index contributed by atoms with van der Waals surface area (Å²) in [6, 6.07) is 14.4. The molecule has 1 fully saturated rings. The summed E-state index contributed by atoms with van der Waals surface area (Å²) in [6.07, 6.45) is 3.16. The minimum atomic E-state index is -1.33. The van der Waals surface area contributed by atoms with E-state index < -0.39 is 42.7 Å². The molecule has 8 heteroatoms. The Kier molecular flexibility index (Phi) is 7.80. The summed E-state index contributed by atoms with van der Waals surface area (Å²) in [5.74, 6) is -3.81. The van der Waals surface area contributed by atoms with E-state index in [0.717, 1.165) is 54.4 Å². The SMILES string of the molecule is O=C(O)CC(=O)N[C@@H](CC(=O)OC1CCCCC1)C(=O)OCC1c2ccccc2-c2ccccc21. The summed E-state index contributed by atoms with van der Waals surface area (Å²) in [6.45, 7) is 0.0236. The molecule has 0 radical (unpaired) electrons. The standard InChI is InChI=1S/C27H29NO7/c29-24(15-25(30)31)28-23(14-26(32)35-17-8-2-1-3-9-17)27(33)34-16-22-20-12-6-4-10-18(20)19-11-5-7-13-21(19)22/h4-7,10-13,17,22-23H,1-3,8-9,14-16H2,(H,28,29)(H,30,31)/t23-/m0/s1. The number of carbonyl (C=O) groups excluding carboxylic acids is 3. The van der Waals surface area contributed by atoms with Crippen molar-refractivity contribution >= 4 is 23.8 Å². The molecule has 0 heterocycles. The molecule has 0 spiro atoms. The van der Waals surface area contributed by atoms with Gasteiger partial charge in [0, 0.05) is 5.92 Å². The zero-order valence-electron chi connectivity index (χ0n) is 19.4. The fraction of sp³-hybridized carbons (Fsp3) is 0.407. The molecule has 8 nitrogen and oxygen atoms in total. The van der Waals surface area contributed by atoms with E-state index in [1.165, 1.54) is 0 Å². The van der Waals surface area contributed by atoms with Crippen LogP contribution in [0.4, 0.5) is 0 Å². The van der Waals surface area contributed by atoms with Gasteiger partial charge in [-0.1, -0.05) is 55.0 Å². The summed E-state index contributed by atoms with van der Waals surface area (Å²) in [5.41, 5.74) is 4.22. The molecule has 1 amide bonds. The van der Waals surface area contributed by atoms with E-state index in [0.29, 0.717) is 0 Å². The second kappa shape index (κ2) is 11.2. The van der Waals surface area contributed by atoms with Gasteiger partial charge in [-0.2, -0.15) is 0 Å². The van der Waals surface area contributed by atoms with Gasteiger partial charge in [0.15, 0.2) is 0 Å². The Hall–Kier alpha value is -3.68. The summed E-state index contributed by atoms with van der Waals surface area (Å²) in [7, 11) is 0. The molecule has 2 aromatic rings. The number of nitrogens with one attached hydrogen (secondary N) is 1. The molecule has 184 valence electrons. The van der Waals surface area contributed by atoms with Gasteiger partial charge in [0.25, 0.3) is 0 Å². The van der Waals surface area contributed by atoms with Crippen LogP contribution in [0.1, 0.15) is 62.0 Å². The normalized spacial score (nSPS) is 16.0. The smallest absolute Gasteiger partial charge is 0.329 e. The number of benzene rings is 2. The maximum atomic E-state index is 13.0. The van der Waals surface area contributed by atoms with Gasteiger partial charge >= 0.3 is 17.9 Å². The predicted octanol–water partition coefficient (Wildman–Crippen LogP) is 3.57. The molecule has 1 atom stereocenters. The molecule has 2 aromatic carbocycles. The fourth-order valence-electron chi connectivity index (χ4n) is 4.87. The van der Waals surface area contributed by atoms with Gasteiger partial charge in [-0.15, -0.1) is 0 Å². The Morgan fingerprint density at radius 1 is 0.914 bits per heavy atom. The number of rotatable bonds is 9. The second-order valence-electron chi connectivity index (χ2n) is 9.00. The minimum Gasteiger partial charge on any atom is -0.481 e. The molecule has 0 aromatic heterocycles. The van der Waals surface area contributed by atoms with Crippen molar-refractivity contribution in [3.05, 3.63) is 59.7 Å². The molecule has 2 aliphatic rings. The number of fused-ring (bicyclic) bond motifs is 3. The highest BCUT2D eigenvalue weighted by Gasteiger charge is 2.32. The van der Waals surface area contributed by atoms with Crippen LogP contribution in [0.2, 0.25) is 0 Å². The first kappa shape index (κ1) is 24.4. The Balaban J connectivity index is 1.44. The number of ether oxygens (including phenoxy) is 2. The van der Waals surface area contributed by atoms with Crippen molar-refractivity contribution in [2.24, 2.45) is 0 Å². The van der Waals surface area contributed by atoms with E-state index in [1.54, 1.807) is 0 Å². The molecule has 1 saturated carbocycles. The van der Waals surface area contributed by atoms with Crippen molar-refractivity contribution in [3.8, 4) is 11.1 Å². The lowest BCUT2D eigenvalue weighted by Crippen LogP contribution is -2.44. The van der Waals surface area contributed by atoms with Crippen LogP contribution < -0.4 is 5.32 Å². The topological polar surface area (TPSA) is 119 Å². The Morgan fingerprint density at radius 3 is 2.11 bits per heavy atom. The van der Waals surface area contributed by atoms with Gasteiger partial charge in [0.1, 0.15) is 25.2 Å². The maximum Gasteiger partial charge on any atom is 0.329 e. The molecular weight excluding hydrogens is 450 g/mol. The van der Waals surface area contributed by atoms with Crippen LogP contribution in [0.3, 0.4) is 0 Å². The van der Waals surface area contributed by atoms with E-state index in [2.05, 4.69) is 5.32 Å². The number of esters is 2. The highest BCUT2D eigenvalue weighted by Crippen LogP contribution is 2.44. The number of hydrogen-bond acceptors (Lipinski definition) is 6. The number of hydrogen-bond donors (Lipinski definition) is 2. The molecule has 0 aliphatic heterocycles. The van der Waals surface area contributed by atoms with Crippen molar-refractivity contribution in [2.75, 3.05) is 6.61 Å². The van der Waals surface area contributed by atoms with Crippen LogP contribution in [0.5, 0.6) is 0 Å². The average Bonchev–Trinajstić information content (AvgIpc) is 3.16. The van der Waals surface area contributed by atoms with Gasteiger partial charge in [-0.05, 0) is 47.9 Å². The Bertz CT molecular complexity index is 1060. The van der Waals surface area contributed by atoms with E-state index in [1.807, 2.05) is 48.5 Å². The lowest BCUT2D eigenvalue weighted by atomic mass is 9.98. The van der Waals surface area contributed by atoms with Crippen LogP contribution in [0, 0.1) is 0 Å². The zero-order valence-corrected chi connectivity index (χ0v) is 19.4. The maximum absolute atomic E-state index is 13.0. The number of carboxylic acids is 1. The largest absolute Gasteiger partial charge is 0.481 e. The number of amides is 1. The third kappa shape index (κ3) is 6.07. The van der Waals surface area contributed by atoms with Crippen molar-refractivity contribution in [3.63, 3.8) is 0 Å². The Labute approximate surface area is 203 Å². The lowest BCUT2D eigenvalue weighted by Gasteiger charge is -2.23. The monoisotopic (exact) mass is 479 g/mol. The van der Waals surface area contributed by atoms with Crippen LogP contribution >= 0.6 is 0 Å². The number of aliphatic carboxylic acids is 1. The van der Waals surface area contributed by atoms with Gasteiger partial charge in [0.2, 0.25) is 5.91 Å². The van der Waals surface area contributed by atoms with Gasteiger partial charge in [-0.3, -0.25) is 14.4 Å². The molecule has 0 unspecified atom stereocenters. The first-order valence-corrected chi connectivity index (χ1v) is 12.0. The summed E-state index contributed by atoms with van der Waals surface area (Å²) >= 11 is 0. The highest BCUT2D eigenvalue weighted by molar-refractivity contribution is 5.96. The molecule has 0 saturated heterocycles. The first-order chi connectivity index (χ1) is 16.9. The summed E-state index contributed by atoms with van der Waals surface area (Å²) in [5, 5.41) is 11.2. The molecule has 2 aliphatic carbocycles. The zero-order chi connectivity index (χ0) is 24.8. The molecular formula is C27H29NO7. The van der Waals surface area contributed by atoms with Gasteiger partial charge < -0.3 is 19.9 Å².